The van der Waals surface area contributed by atoms with Crippen LogP contribution in [0.2, 0.25) is 0 Å². The van der Waals surface area contributed by atoms with Crippen LogP contribution in [0.3, 0.4) is 0 Å². The summed E-state index contributed by atoms with van der Waals surface area (Å²) in [5, 5.41) is 2.55. The highest BCUT2D eigenvalue weighted by Gasteiger charge is 2.15. The second-order valence-electron chi connectivity index (χ2n) is 5.24. The lowest BCUT2D eigenvalue weighted by Crippen LogP contribution is -2.37. The van der Waals surface area contributed by atoms with Crippen LogP contribution in [0.1, 0.15) is 12.5 Å². The minimum Gasteiger partial charge on any atom is -0.481 e. The molecule has 0 spiro atoms. The van der Waals surface area contributed by atoms with E-state index in [4.69, 9.17) is 4.74 Å². The highest BCUT2D eigenvalue weighted by Crippen LogP contribution is 2.21. The Morgan fingerprint density at radius 3 is 2.46 bits per heavy atom. The second kappa shape index (κ2) is 8.19. The molecule has 1 atom stereocenters. The molecular formula is C17H15BrF3NO2. The minimum absolute atomic E-state index is 0.00308. The normalized spacial score (nSPS) is 11.9. The van der Waals surface area contributed by atoms with Crippen molar-refractivity contribution in [3.63, 3.8) is 0 Å². The summed E-state index contributed by atoms with van der Waals surface area (Å²) < 4.78 is 46.4. The molecule has 2 aromatic carbocycles. The van der Waals surface area contributed by atoms with Gasteiger partial charge in [-0.1, -0.05) is 22.0 Å². The van der Waals surface area contributed by atoms with E-state index in [0.717, 1.165) is 12.1 Å². The molecule has 0 bridgehead atoms. The van der Waals surface area contributed by atoms with Gasteiger partial charge in [-0.3, -0.25) is 4.79 Å². The summed E-state index contributed by atoms with van der Waals surface area (Å²) in [5.41, 5.74) is -0.0924. The van der Waals surface area contributed by atoms with Crippen molar-refractivity contribution in [2.75, 3.05) is 6.61 Å². The lowest BCUT2D eigenvalue weighted by molar-refractivity contribution is -0.123. The largest absolute Gasteiger partial charge is 0.481 e. The van der Waals surface area contributed by atoms with E-state index in [2.05, 4.69) is 21.2 Å². The fourth-order valence-corrected chi connectivity index (χ4v) is 2.47. The molecule has 1 amide bonds. The Morgan fingerprint density at radius 2 is 1.83 bits per heavy atom. The van der Waals surface area contributed by atoms with Crippen LogP contribution in [0.4, 0.5) is 13.2 Å². The van der Waals surface area contributed by atoms with Crippen LogP contribution in [-0.2, 0) is 11.2 Å². The summed E-state index contributed by atoms with van der Waals surface area (Å²) in [4.78, 5) is 11.8. The van der Waals surface area contributed by atoms with Crippen LogP contribution < -0.4 is 10.1 Å². The fourth-order valence-electron chi connectivity index (χ4n) is 2.14. The second-order valence-corrected chi connectivity index (χ2v) is 6.15. The van der Waals surface area contributed by atoms with Gasteiger partial charge in [0.25, 0.3) is 5.91 Å². The predicted molar refractivity (Wildman–Crippen MR) is 87.3 cm³/mol. The van der Waals surface area contributed by atoms with Gasteiger partial charge in [-0.2, -0.15) is 0 Å². The predicted octanol–water partition coefficient (Wildman–Crippen LogP) is 3.99. The number of carbonyl (C=O) groups excluding carboxylic acids is 1. The van der Waals surface area contributed by atoms with Crippen molar-refractivity contribution in [2.45, 2.75) is 19.4 Å². The number of hydrogen-bond acceptors (Lipinski definition) is 2. The summed E-state index contributed by atoms with van der Waals surface area (Å²) in [6.45, 7) is 1.21. The van der Waals surface area contributed by atoms with Crippen LogP contribution >= 0.6 is 15.9 Å². The number of amides is 1. The maximum Gasteiger partial charge on any atom is 0.258 e. The van der Waals surface area contributed by atoms with E-state index < -0.39 is 36.0 Å². The van der Waals surface area contributed by atoms with Crippen LogP contribution in [0, 0.1) is 17.5 Å². The molecule has 1 unspecified atom stereocenters. The first kappa shape index (κ1) is 18.3. The van der Waals surface area contributed by atoms with Crippen LogP contribution in [0.25, 0.3) is 0 Å². The van der Waals surface area contributed by atoms with Crippen LogP contribution in [-0.4, -0.2) is 18.6 Å². The van der Waals surface area contributed by atoms with E-state index in [0.29, 0.717) is 4.47 Å². The van der Waals surface area contributed by atoms with Gasteiger partial charge in [-0.25, -0.2) is 13.2 Å². The van der Waals surface area contributed by atoms with Gasteiger partial charge in [0.05, 0.1) is 0 Å². The molecule has 128 valence electrons. The zero-order valence-corrected chi connectivity index (χ0v) is 14.4. The monoisotopic (exact) mass is 401 g/mol. The van der Waals surface area contributed by atoms with Crippen molar-refractivity contribution in [1.29, 1.82) is 0 Å². The third kappa shape index (κ3) is 4.99. The molecular weight excluding hydrogens is 387 g/mol. The number of nitrogens with one attached hydrogen (secondary N) is 1. The summed E-state index contributed by atoms with van der Waals surface area (Å²) in [6.07, 6.45) is -0.00308. The van der Waals surface area contributed by atoms with E-state index in [9.17, 15) is 18.0 Å². The molecule has 0 aromatic heterocycles. The molecule has 0 heterocycles. The van der Waals surface area contributed by atoms with Crippen LogP contribution in [0.5, 0.6) is 5.75 Å². The molecule has 2 aromatic rings. The van der Waals surface area contributed by atoms with Gasteiger partial charge in [0.15, 0.2) is 18.2 Å². The van der Waals surface area contributed by atoms with E-state index in [-0.39, 0.29) is 17.7 Å². The Balaban J connectivity index is 1.87. The third-order valence-electron chi connectivity index (χ3n) is 3.23. The maximum atomic E-state index is 13.6. The highest BCUT2D eigenvalue weighted by molar-refractivity contribution is 9.10. The molecule has 1 N–H and O–H groups in total. The van der Waals surface area contributed by atoms with Gasteiger partial charge in [0.1, 0.15) is 11.6 Å². The fraction of sp³-hybridized carbons (Fsp3) is 0.235. The lowest BCUT2D eigenvalue weighted by Gasteiger charge is -2.15. The van der Waals surface area contributed by atoms with Crippen molar-refractivity contribution >= 4 is 21.8 Å². The molecule has 7 heteroatoms. The van der Waals surface area contributed by atoms with E-state index in [1.807, 2.05) is 0 Å². The standard InChI is InChI=1S/C17H15BrF3NO2/c1-10(7-12-13(19)3-2-4-14(12)20)22-17(23)9-24-16-6-5-11(18)8-15(16)21/h2-6,8,10H,7,9H2,1H3,(H,22,23). The van der Waals surface area contributed by atoms with Crippen molar-refractivity contribution in [2.24, 2.45) is 0 Å². The number of benzene rings is 2. The Bertz CT molecular complexity index is 720. The van der Waals surface area contributed by atoms with Gasteiger partial charge in [0.2, 0.25) is 0 Å². The maximum absolute atomic E-state index is 13.6. The number of ether oxygens (including phenoxy) is 1. The molecule has 0 radical (unpaired) electrons. The molecule has 0 aliphatic carbocycles. The zero-order chi connectivity index (χ0) is 17.7. The van der Waals surface area contributed by atoms with E-state index in [1.165, 1.54) is 18.2 Å². The number of hydrogen-bond donors (Lipinski definition) is 1. The van der Waals surface area contributed by atoms with Crippen LogP contribution in [0.15, 0.2) is 40.9 Å². The average molecular weight is 402 g/mol. The first-order valence-electron chi connectivity index (χ1n) is 7.17. The molecule has 24 heavy (non-hydrogen) atoms. The van der Waals surface area contributed by atoms with Crippen molar-refractivity contribution in [1.82, 2.24) is 5.32 Å². The summed E-state index contributed by atoms with van der Waals surface area (Å²) >= 11 is 3.12. The number of halogens is 4. The van der Waals surface area contributed by atoms with Gasteiger partial charge >= 0.3 is 0 Å². The van der Waals surface area contributed by atoms with E-state index >= 15 is 0 Å². The Hall–Kier alpha value is -2.02. The minimum atomic E-state index is -0.663. The average Bonchev–Trinajstić information content (AvgIpc) is 2.50. The van der Waals surface area contributed by atoms with E-state index in [1.54, 1.807) is 13.0 Å². The topological polar surface area (TPSA) is 38.3 Å². The molecule has 0 saturated carbocycles. The first-order valence-corrected chi connectivity index (χ1v) is 7.96. The van der Waals surface area contributed by atoms with Gasteiger partial charge < -0.3 is 10.1 Å². The summed E-state index contributed by atoms with van der Waals surface area (Å²) in [7, 11) is 0. The molecule has 0 aliphatic rings. The van der Waals surface area contributed by atoms with Gasteiger partial charge in [0, 0.05) is 16.1 Å². The molecule has 3 nitrogen and oxygen atoms in total. The third-order valence-corrected chi connectivity index (χ3v) is 3.73. The molecule has 0 aliphatic heterocycles. The quantitative estimate of drug-likeness (QED) is 0.794. The van der Waals surface area contributed by atoms with Gasteiger partial charge in [-0.05, 0) is 43.7 Å². The summed E-state index contributed by atoms with van der Waals surface area (Å²) in [6, 6.07) is 7.28. The Morgan fingerprint density at radius 1 is 1.17 bits per heavy atom. The molecule has 2 rings (SSSR count). The first-order chi connectivity index (χ1) is 11.4. The number of rotatable bonds is 6. The van der Waals surface area contributed by atoms with Crippen molar-refractivity contribution in [3.8, 4) is 5.75 Å². The Labute approximate surface area is 146 Å². The number of carbonyl (C=O) groups is 1. The summed E-state index contributed by atoms with van der Waals surface area (Å²) in [5.74, 6) is -2.49. The van der Waals surface area contributed by atoms with Crippen molar-refractivity contribution in [3.05, 3.63) is 63.9 Å². The molecule has 0 saturated heterocycles. The lowest BCUT2D eigenvalue weighted by atomic mass is 10.1. The Kier molecular flexibility index (Phi) is 6.25. The highest BCUT2D eigenvalue weighted by atomic mass is 79.9. The smallest absolute Gasteiger partial charge is 0.258 e. The SMILES string of the molecule is CC(Cc1c(F)cccc1F)NC(=O)COc1ccc(Br)cc1F. The van der Waals surface area contributed by atoms with Gasteiger partial charge in [-0.15, -0.1) is 0 Å². The molecule has 0 fully saturated rings. The zero-order valence-electron chi connectivity index (χ0n) is 12.8. The van der Waals surface area contributed by atoms with Crippen molar-refractivity contribution < 1.29 is 22.7 Å².